The number of carbonyl (C=O) groups is 1. The summed E-state index contributed by atoms with van der Waals surface area (Å²) in [5, 5.41) is 86.4. The highest BCUT2D eigenvalue weighted by atomic mass is 16.7. The Bertz CT molecular complexity index is 2280. The molecule has 0 radical (unpaired) electrons. The number of Topliss-reactive ketones (excluding diaryl/α,β-unsaturated/α-hetero) is 1. The Labute approximate surface area is 282 Å². The van der Waals surface area contributed by atoms with Gasteiger partial charge in [-0.2, -0.15) is 0 Å². The van der Waals surface area contributed by atoms with Crippen molar-refractivity contribution in [3.63, 3.8) is 0 Å². The molecular formula is C36H30O14. The third-order valence-electron chi connectivity index (χ3n) is 8.16. The first kappa shape index (κ1) is 33.5. The van der Waals surface area contributed by atoms with E-state index in [2.05, 4.69) is 0 Å². The molecule has 1 aromatic heterocycles. The smallest absolute Gasteiger partial charge is 0.345 e. The molecule has 0 aliphatic carbocycles. The van der Waals surface area contributed by atoms with Gasteiger partial charge in [-0.05, 0) is 56.7 Å². The van der Waals surface area contributed by atoms with Gasteiger partial charge in [-0.25, -0.2) is 0 Å². The summed E-state index contributed by atoms with van der Waals surface area (Å²) in [5.41, 5.74) is -1.09. The van der Waals surface area contributed by atoms with Crippen LogP contribution in [0.5, 0.6) is 51.7 Å². The van der Waals surface area contributed by atoms with Crippen LogP contribution in [0, 0.1) is 0 Å². The lowest BCUT2D eigenvalue weighted by Gasteiger charge is -2.44. The first-order valence-corrected chi connectivity index (χ1v) is 14.9. The molecule has 0 saturated carbocycles. The standard InChI is InChI=1S/C36H30O14/c1-16(2)4-9-21-22(32-33(47-3)31(43)28-23(40)12-19(38)14-26(28)48-32)10-11-25(30(21)42)49-36(46)34(44)29-24(41)13-20(39)15-27(29)50-35(36,45)17-5-7-18(37)8-6-17/h4-8,10-15,37-42,45-46H,9H2,1-3H3. The maximum absolute atomic E-state index is 14.0. The van der Waals surface area contributed by atoms with Crippen molar-refractivity contribution in [1.82, 2.24) is 0 Å². The minimum Gasteiger partial charge on any atom is -0.508 e. The Morgan fingerprint density at radius 2 is 1.50 bits per heavy atom. The number of aromatic hydroxyl groups is 6. The summed E-state index contributed by atoms with van der Waals surface area (Å²) in [4.78, 5) is 27.5. The van der Waals surface area contributed by atoms with E-state index in [0.717, 1.165) is 60.2 Å². The number of methoxy groups -OCH3 is 1. The molecule has 4 aromatic carbocycles. The number of fused-ring (bicyclic) bond motifs is 2. The molecule has 258 valence electrons. The quantitative estimate of drug-likeness (QED) is 0.0875. The van der Waals surface area contributed by atoms with E-state index in [4.69, 9.17) is 18.6 Å². The van der Waals surface area contributed by atoms with Gasteiger partial charge in [0.25, 0.3) is 0 Å². The molecule has 50 heavy (non-hydrogen) atoms. The first-order valence-electron chi connectivity index (χ1n) is 14.9. The zero-order valence-corrected chi connectivity index (χ0v) is 26.6. The number of phenols is 6. The zero-order chi connectivity index (χ0) is 36.3. The Kier molecular flexibility index (Phi) is 8.01. The molecule has 14 nitrogen and oxygen atoms in total. The lowest BCUT2D eigenvalue weighted by atomic mass is 9.86. The number of allylic oxidation sites excluding steroid dienone is 2. The van der Waals surface area contributed by atoms with Crippen LogP contribution in [0.2, 0.25) is 0 Å². The molecule has 0 amide bonds. The number of carbonyl (C=O) groups excluding carboxylic acids is 1. The molecule has 2 heterocycles. The second kappa shape index (κ2) is 11.9. The average molecular weight is 687 g/mol. The second-order valence-electron chi connectivity index (χ2n) is 11.8. The van der Waals surface area contributed by atoms with E-state index in [9.17, 15) is 50.4 Å². The van der Waals surface area contributed by atoms with Gasteiger partial charge < -0.3 is 59.5 Å². The van der Waals surface area contributed by atoms with Gasteiger partial charge in [-0.1, -0.05) is 11.6 Å². The number of hydrogen-bond donors (Lipinski definition) is 8. The van der Waals surface area contributed by atoms with E-state index in [1.54, 1.807) is 19.9 Å². The SMILES string of the molecule is COc1c(-c2ccc(OC3(O)C(=O)c4c(O)cc(O)cc4OC3(O)c3ccc(O)cc3)c(O)c2CC=C(C)C)oc2cc(O)cc(O)c2c1=O. The van der Waals surface area contributed by atoms with Gasteiger partial charge in [0, 0.05) is 41.0 Å². The normalized spacial score (nSPS) is 18.3. The van der Waals surface area contributed by atoms with E-state index < -0.39 is 68.6 Å². The number of ether oxygens (including phenoxy) is 3. The van der Waals surface area contributed by atoms with Crippen molar-refractivity contribution in [3.05, 3.63) is 99.2 Å². The molecule has 6 rings (SSSR count). The fraction of sp³-hybridized carbons (Fsp3) is 0.167. The summed E-state index contributed by atoms with van der Waals surface area (Å²) in [5.74, 6) is -12.9. The van der Waals surface area contributed by atoms with Gasteiger partial charge in [0.15, 0.2) is 17.3 Å². The molecule has 14 heteroatoms. The van der Waals surface area contributed by atoms with Crippen LogP contribution in [0.25, 0.3) is 22.3 Å². The van der Waals surface area contributed by atoms with Crippen LogP contribution in [-0.2, 0) is 12.2 Å². The molecule has 0 saturated heterocycles. The van der Waals surface area contributed by atoms with Crippen molar-refractivity contribution < 1.29 is 64.3 Å². The number of phenolic OH excluding ortho intramolecular Hbond substituents is 6. The largest absolute Gasteiger partial charge is 0.508 e. The third kappa shape index (κ3) is 5.23. The fourth-order valence-electron chi connectivity index (χ4n) is 5.72. The van der Waals surface area contributed by atoms with E-state index in [0.29, 0.717) is 0 Å². The minimum atomic E-state index is -3.44. The van der Waals surface area contributed by atoms with E-state index in [1.165, 1.54) is 13.2 Å². The molecule has 2 atom stereocenters. The van der Waals surface area contributed by atoms with Crippen LogP contribution in [-0.4, -0.2) is 59.5 Å². The topological polar surface area (TPSA) is 237 Å². The molecule has 0 bridgehead atoms. The van der Waals surface area contributed by atoms with Crippen LogP contribution in [0.1, 0.15) is 35.3 Å². The van der Waals surface area contributed by atoms with Crippen LogP contribution in [0.15, 0.2) is 81.5 Å². The van der Waals surface area contributed by atoms with Crippen molar-refractivity contribution >= 4 is 16.8 Å². The summed E-state index contributed by atoms with van der Waals surface area (Å²) < 4.78 is 22.8. The number of hydrogen-bond acceptors (Lipinski definition) is 14. The van der Waals surface area contributed by atoms with Gasteiger partial charge in [-0.15, -0.1) is 0 Å². The van der Waals surface area contributed by atoms with Crippen molar-refractivity contribution in [2.45, 2.75) is 31.8 Å². The summed E-state index contributed by atoms with van der Waals surface area (Å²) >= 11 is 0. The monoisotopic (exact) mass is 686 g/mol. The summed E-state index contributed by atoms with van der Waals surface area (Å²) in [6.07, 6.45) is 1.65. The zero-order valence-electron chi connectivity index (χ0n) is 26.6. The highest BCUT2D eigenvalue weighted by Crippen LogP contribution is 2.51. The van der Waals surface area contributed by atoms with Crippen molar-refractivity contribution in [2.24, 2.45) is 0 Å². The second-order valence-corrected chi connectivity index (χ2v) is 11.8. The number of aliphatic hydroxyl groups is 2. The Balaban J connectivity index is 1.58. The van der Waals surface area contributed by atoms with Gasteiger partial charge in [-0.3, -0.25) is 9.59 Å². The van der Waals surface area contributed by atoms with Gasteiger partial charge in [0.2, 0.25) is 17.0 Å². The number of ketones is 1. The molecule has 1 aliphatic rings. The lowest BCUT2D eigenvalue weighted by molar-refractivity contribution is -0.316. The third-order valence-corrected chi connectivity index (χ3v) is 8.16. The van der Waals surface area contributed by atoms with Crippen LogP contribution >= 0.6 is 0 Å². The Hall–Kier alpha value is -6.38. The summed E-state index contributed by atoms with van der Waals surface area (Å²) in [6.45, 7) is 3.55. The minimum absolute atomic E-state index is 0.0167. The van der Waals surface area contributed by atoms with Crippen molar-refractivity contribution in [1.29, 1.82) is 0 Å². The van der Waals surface area contributed by atoms with Gasteiger partial charge in [0.1, 0.15) is 51.0 Å². The Morgan fingerprint density at radius 3 is 2.16 bits per heavy atom. The molecule has 1 aliphatic heterocycles. The average Bonchev–Trinajstić information content (AvgIpc) is 3.03. The van der Waals surface area contributed by atoms with Crippen LogP contribution in [0.4, 0.5) is 0 Å². The summed E-state index contributed by atoms with van der Waals surface area (Å²) in [7, 11) is 1.19. The van der Waals surface area contributed by atoms with Crippen LogP contribution in [0.3, 0.4) is 0 Å². The first-order chi connectivity index (χ1) is 23.6. The predicted octanol–water partition coefficient (Wildman–Crippen LogP) is 4.40. The summed E-state index contributed by atoms with van der Waals surface area (Å²) in [6, 6.07) is 10.7. The molecule has 2 unspecified atom stereocenters. The van der Waals surface area contributed by atoms with Crippen molar-refractivity contribution in [3.8, 4) is 63.1 Å². The maximum atomic E-state index is 14.0. The fourth-order valence-corrected chi connectivity index (χ4v) is 5.72. The van der Waals surface area contributed by atoms with E-state index >= 15 is 0 Å². The van der Waals surface area contributed by atoms with Gasteiger partial charge >= 0.3 is 11.6 Å². The van der Waals surface area contributed by atoms with Gasteiger partial charge in [0.05, 0.1) is 7.11 Å². The highest BCUT2D eigenvalue weighted by Gasteiger charge is 2.66. The molecule has 0 fully saturated rings. The lowest BCUT2D eigenvalue weighted by Crippen LogP contribution is -2.66. The van der Waals surface area contributed by atoms with E-state index in [1.807, 2.05) is 0 Å². The molecule has 8 N–H and O–H groups in total. The maximum Gasteiger partial charge on any atom is 0.345 e. The van der Waals surface area contributed by atoms with Crippen molar-refractivity contribution in [2.75, 3.05) is 7.11 Å². The highest BCUT2D eigenvalue weighted by molar-refractivity contribution is 6.08. The van der Waals surface area contributed by atoms with Crippen LogP contribution < -0.4 is 19.6 Å². The molecule has 0 spiro atoms. The number of benzene rings is 4. The Morgan fingerprint density at radius 1 is 0.840 bits per heavy atom. The number of rotatable bonds is 7. The molecular weight excluding hydrogens is 656 g/mol. The molecule has 5 aromatic rings. The van der Waals surface area contributed by atoms with E-state index in [-0.39, 0.29) is 51.3 Å². The predicted molar refractivity (Wildman–Crippen MR) is 175 cm³/mol.